The summed E-state index contributed by atoms with van der Waals surface area (Å²) in [5.74, 6) is 0.630. The van der Waals surface area contributed by atoms with E-state index >= 15 is 0 Å². The SMILES string of the molecule is COC(=O)NC(C(=O)N1CCC[C@H]1c1ncc(-c2ccc(C)cc2)[nH]1)C(C)C. The summed E-state index contributed by atoms with van der Waals surface area (Å²) in [6, 6.07) is 7.49. The van der Waals surface area contributed by atoms with Crippen LogP contribution < -0.4 is 5.32 Å². The van der Waals surface area contributed by atoms with E-state index in [4.69, 9.17) is 0 Å². The molecule has 3 rings (SSSR count). The molecule has 7 heteroatoms. The number of carbonyl (C=O) groups is 2. The molecule has 1 aromatic heterocycles. The Bertz CT molecular complexity index is 828. The number of H-pyrrole nitrogens is 1. The van der Waals surface area contributed by atoms with E-state index < -0.39 is 12.1 Å². The normalized spacial score (nSPS) is 17.6. The second kappa shape index (κ2) is 8.46. The van der Waals surface area contributed by atoms with Crippen LogP contribution in [0, 0.1) is 12.8 Å². The van der Waals surface area contributed by atoms with Crippen molar-refractivity contribution in [3.63, 3.8) is 0 Å². The number of benzene rings is 1. The molecule has 7 nitrogen and oxygen atoms in total. The van der Waals surface area contributed by atoms with E-state index in [-0.39, 0.29) is 17.9 Å². The van der Waals surface area contributed by atoms with Gasteiger partial charge in [0.25, 0.3) is 0 Å². The molecule has 2 atom stereocenters. The lowest BCUT2D eigenvalue weighted by atomic mass is 10.0. The number of nitrogens with one attached hydrogen (secondary N) is 2. The van der Waals surface area contributed by atoms with Crippen molar-refractivity contribution in [1.29, 1.82) is 0 Å². The Balaban J connectivity index is 1.79. The predicted molar refractivity (Wildman–Crippen MR) is 107 cm³/mol. The highest BCUT2D eigenvalue weighted by Gasteiger charge is 2.37. The molecule has 0 spiro atoms. The van der Waals surface area contributed by atoms with Gasteiger partial charge in [-0.2, -0.15) is 0 Å². The molecule has 1 saturated heterocycles. The molecule has 2 amide bonds. The third kappa shape index (κ3) is 4.18. The number of imidazole rings is 1. The van der Waals surface area contributed by atoms with Crippen LogP contribution in [0.5, 0.6) is 0 Å². The first-order chi connectivity index (χ1) is 13.4. The average molecular weight is 384 g/mol. The molecule has 0 saturated carbocycles. The van der Waals surface area contributed by atoms with Crippen molar-refractivity contribution in [1.82, 2.24) is 20.2 Å². The summed E-state index contributed by atoms with van der Waals surface area (Å²) in [7, 11) is 1.30. The van der Waals surface area contributed by atoms with Crippen molar-refractivity contribution >= 4 is 12.0 Å². The highest BCUT2D eigenvalue weighted by Crippen LogP contribution is 2.32. The number of rotatable bonds is 5. The van der Waals surface area contributed by atoms with Gasteiger partial charge in [0, 0.05) is 6.54 Å². The van der Waals surface area contributed by atoms with Crippen LogP contribution in [0.4, 0.5) is 4.79 Å². The first kappa shape index (κ1) is 19.9. The maximum atomic E-state index is 13.2. The van der Waals surface area contributed by atoms with Gasteiger partial charge >= 0.3 is 6.09 Å². The Labute approximate surface area is 165 Å². The van der Waals surface area contributed by atoms with Crippen LogP contribution in [-0.2, 0) is 9.53 Å². The molecule has 1 aromatic carbocycles. The van der Waals surface area contributed by atoms with Gasteiger partial charge < -0.3 is 19.9 Å². The number of hydrogen-bond donors (Lipinski definition) is 2. The fourth-order valence-electron chi connectivity index (χ4n) is 3.58. The molecule has 28 heavy (non-hydrogen) atoms. The zero-order chi connectivity index (χ0) is 20.3. The summed E-state index contributed by atoms with van der Waals surface area (Å²) in [5, 5.41) is 2.67. The van der Waals surface area contributed by atoms with Crippen LogP contribution in [0.2, 0.25) is 0 Å². The van der Waals surface area contributed by atoms with Crippen molar-refractivity contribution in [3.8, 4) is 11.3 Å². The summed E-state index contributed by atoms with van der Waals surface area (Å²) in [5.41, 5.74) is 3.20. The maximum Gasteiger partial charge on any atom is 0.407 e. The number of aromatic amines is 1. The number of methoxy groups -OCH3 is 1. The number of alkyl carbamates (subject to hydrolysis) is 1. The Morgan fingerprint density at radius 1 is 1.29 bits per heavy atom. The summed E-state index contributed by atoms with van der Waals surface area (Å²) >= 11 is 0. The van der Waals surface area contributed by atoms with Gasteiger partial charge in [0.05, 0.1) is 25.0 Å². The molecule has 1 unspecified atom stereocenters. The number of hydrogen-bond acceptors (Lipinski definition) is 4. The van der Waals surface area contributed by atoms with E-state index in [0.717, 1.165) is 29.9 Å². The molecule has 2 heterocycles. The van der Waals surface area contributed by atoms with Gasteiger partial charge in [0.1, 0.15) is 11.9 Å². The zero-order valence-corrected chi connectivity index (χ0v) is 16.9. The monoisotopic (exact) mass is 384 g/mol. The van der Waals surface area contributed by atoms with Crippen LogP contribution >= 0.6 is 0 Å². The van der Waals surface area contributed by atoms with Crippen LogP contribution in [0.25, 0.3) is 11.3 Å². The molecule has 2 aromatic rings. The predicted octanol–water partition coefficient (Wildman–Crippen LogP) is 3.43. The summed E-state index contributed by atoms with van der Waals surface area (Å²) in [6.07, 6.45) is 2.96. The average Bonchev–Trinajstić information content (AvgIpc) is 3.34. The van der Waals surface area contributed by atoms with Gasteiger partial charge in [0.2, 0.25) is 5.91 Å². The highest BCUT2D eigenvalue weighted by atomic mass is 16.5. The summed E-state index contributed by atoms with van der Waals surface area (Å²) in [4.78, 5) is 34.6. The minimum atomic E-state index is -0.625. The number of aryl methyl sites for hydroxylation is 1. The lowest BCUT2D eigenvalue weighted by Crippen LogP contribution is -2.51. The molecule has 1 aliphatic heterocycles. The fourth-order valence-corrected chi connectivity index (χ4v) is 3.58. The minimum absolute atomic E-state index is 0.0485. The number of amides is 2. The molecule has 150 valence electrons. The van der Waals surface area contributed by atoms with Crippen molar-refractivity contribution in [2.45, 2.75) is 45.7 Å². The maximum absolute atomic E-state index is 13.2. The second-order valence-corrected chi connectivity index (χ2v) is 7.60. The van der Waals surface area contributed by atoms with E-state index in [0.29, 0.717) is 6.54 Å². The lowest BCUT2D eigenvalue weighted by molar-refractivity contribution is -0.135. The molecular formula is C21H28N4O3. The quantitative estimate of drug-likeness (QED) is 0.827. The van der Waals surface area contributed by atoms with Gasteiger partial charge in [-0.3, -0.25) is 4.79 Å². The van der Waals surface area contributed by atoms with E-state index in [1.165, 1.54) is 12.7 Å². The molecule has 1 fully saturated rings. The lowest BCUT2D eigenvalue weighted by Gasteiger charge is -2.30. The summed E-state index contributed by atoms with van der Waals surface area (Å²) in [6.45, 7) is 6.52. The van der Waals surface area contributed by atoms with Gasteiger partial charge in [0.15, 0.2) is 0 Å². The summed E-state index contributed by atoms with van der Waals surface area (Å²) < 4.78 is 4.68. The van der Waals surface area contributed by atoms with E-state index in [9.17, 15) is 9.59 Å². The molecule has 0 bridgehead atoms. The Kier molecular flexibility index (Phi) is 6.02. The van der Waals surface area contributed by atoms with Gasteiger partial charge in [-0.15, -0.1) is 0 Å². The third-order valence-electron chi connectivity index (χ3n) is 5.20. The molecular weight excluding hydrogens is 356 g/mol. The van der Waals surface area contributed by atoms with Crippen molar-refractivity contribution in [3.05, 3.63) is 41.9 Å². The smallest absolute Gasteiger partial charge is 0.407 e. The fraction of sp³-hybridized carbons (Fsp3) is 0.476. The largest absolute Gasteiger partial charge is 0.453 e. The number of likely N-dealkylation sites (tertiary alicyclic amines) is 1. The van der Waals surface area contributed by atoms with Crippen molar-refractivity contribution < 1.29 is 14.3 Å². The Morgan fingerprint density at radius 3 is 2.64 bits per heavy atom. The highest BCUT2D eigenvalue weighted by molar-refractivity contribution is 5.86. The molecule has 0 radical (unpaired) electrons. The van der Waals surface area contributed by atoms with Crippen LogP contribution in [0.15, 0.2) is 30.5 Å². The third-order valence-corrected chi connectivity index (χ3v) is 5.20. The van der Waals surface area contributed by atoms with Crippen LogP contribution in [0.1, 0.15) is 44.1 Å². The Hall–Kier alpha value is -2.83. The van der Waals surface area contributed by atoms with Crippen molar-refractivity contribution in [2.24, 2.45) is 5.92 Å². The molecule has 0 aliphatic carbocycles. The van der Waals surface area contributed by atoms with Crippen LogP contribution in [0.3, 0.4) is 0 Å². The van der Waals surface area contributed by atoms with Crippen molar-refractivity contribution in [2.75, 3.05) is 13.7 Å². The van der Waals surface area contributed by atoms with E-state index in [2.05, 4.69) is 51.2 Å². The van der Waals surface area contributed by atoms with Gasteiger partial charge in [-0.1, -0.05) is 43.7 Å². The first-order valence-electron chi connectivity index (χ1n) is 9.67. The Morgan fingerprint density at radius 2 is 2.00 bits per heavy atom. The van der Waals surface area contributed by atoms with Gasteiger partial charge in [-0.05, 0) is 31.2 Å². The number of nitrogens with zero attached hydrogens (tertiary/aromatic N) is 2. The molecule has 1 aliphatic rings. The second-order valence-electron chi connectivity index (χ2n) is 7.60. The van der Waals surface area contributed by atoms with Crippen LogP contribution in [-0.4, -0.2) is 46.6 Å². The van der Waals surface area contributed by atoms with E-state index in [1.54, 1.807) is 0 Å². The molecule has 2 N–H and O–H groups in total. The van der Waals surface area contributed by atoms with Gasteiger partial charge in [-0.25, -0.2) is 9.78 Å². The minimum Gasteiger partial charge on any atom is -0.453 e. The zero-order valence-electron chi connectivity index (χ0n) is 16.9. The standard InChI is InChI=1S/C21H28N4O3/c1-13(2)18(24-21(27)28-4)20(26)25-11-5-6-17(25)19-22-12-16(23-19)15-9-7-14(3)8-10-15/h7-10,12-13,17-18H,5-6,11H2,1-4H3,(H,22,23)(H,24,27)/t17-,18?/m0/s1. The first-order valence-corrected chi connectivity index (χ1v) is 9.67. The number of carbonyl (C=O) groups excluding carboxylic acids is 2. The number of aromatic nitrogens is 2. The van der Waals surface area contributed by atoms with E-state index in [1.807, 2.05) is 24.9 Å². The number of ether oxygens (including phenoxy) is 1. The topological polar surface area (TPSA) is 87.3 Å².